The van der Waals surface area contributed by atoms with Crippen LogP contribution in [0.1, 0.15) is 6.42 Å². The van der Waals surface area contributed by atoms with Crippen LogP contribution in [0, 0.1) is 0 Å². The van der Waals surface area contributed by atoms with Gasteiger partial charge in [0.05, 0.1) is 21.0 Å². The summed E-state index contributed by atoms with van der Waals surface area (Å²) in [7, 11) is 0. The van der Waals surface area contributed by atoms with Crippen molar-refractivity contribution in [2.75, 3.05) is 15.5 Å². The first-order chi connectivity index (χ1) is 15.4. The summed E-state index contributed by atoms with van der Waals surface area (Å²) in [5.74, 6) is -0.593. The number of nitrogens with zero attached hydrogens (tertiary/aromatic N) is 1. The molecule has 1 heterocycles. The average molecular weight is 486 g/mol. The van der Waals surface area contributed by atoms with Gasteiger partial charge in [0.15, 0.2) is 0 Å². The Kier molecular flexibility index (Phi) is 6.69. The third-order valence-electron chi connectivity index (χ3n) is 4.69. The second kappa shape index (κ2) is 9.65. The number of para-hydroxylation sites is 1. The summed E-state index contributed by atoms with van der Waals surface area (Å²) >= 11 is 13.3. The van der Waals surface area contributed by atoms with Crippen LogP contribution in [0.15, 0.2) is 77.7 Å². The number of benzene rings is 3. The molecule has 1 atom stereocenters. The number of thioether (sulfide) groups is 1. The second-order valence-corrected chi connectivity index (χ2v) is 9.04. The van der Waals surface area contributed by atoms with Crippen molar-refractivity contribution in [1.82, 2.24) is 0 Å². The van der Waals surface area contributed by atoms with Gasteiger partial charge in [-0.15, -0.1) is 11.8 Å². The highest BCUT2D eigenvalue weighted by molar-refractivity contribution is 8.00. The van der Waals surface area contributed by atoms with Crippen LogP contribution in [0.5, 0.6) is 0 Å². The summed E-state index contributed by atoms with van der Waals surface area (Å²) in [6, 6.07) is 20.5. The molecule has 162 valence electrons. The maximum Gasteiger partial charge on any atom is 0.323 e. The van der Waals surface area contributed by atoms with E-state index in [9.17, 15) is 14.4 Å². The Balaban J connectivity index is 1.38. The zero-order valence-electron chi connectivity index (χ0n) is 16.5. The Morgan fingerprint density at radius 3 is 2.19 bits per heavy atom. The van der Waals surface area contributed by atoms with Crippen LogP contribution < -0.4 is 15.5 Å². The highest BCUT2D eigenvalue weighted by Crippen LogP contribution is 2.36. The zero-order valence-corrected chi connectivity index (χ0v) is 18.9. The maximum absolute atomic E-state index is 12.8. The molecule has 9 heteroatoms. The van der Waals surface area contributed by atoms with E-state index in [0.717, 1.165) is 9.80 Å². The molecule has 32 heavy (non-hydrogen) atoms. The van der Waals surface area contributed by atoms with Crippen molar-refractivity contribution in [2.45, 2.75) is 16.6 Å². The van der Waals surface area contributed by atoms with E-state index in [2.05, 4.69) is 10.6 Å². The lowest BCUT2D eigenvalue weighted by Gasteiger charge is -2.15. The quantitative estimate of drug-likeness (QED) is 0.430. The van der Waals surface area contributed by atoms with Gasteiger partial charge in [0.2, 0.25) is 11.8 Å². The predicted molar refractivity (Wildman–Crippen MR) is 129 cm³/mol. The first-order valence-corrected chi connectivity index (χ1v) is 11.3. The van der Waals surface area contributed by atoms with Gasteiger partial charge in [0.25, 0.3) is 0 Å². The topological polar surface area (TPSA) is 78.5 Å². The lowest BCUT2D eigenvalue weighted by molar-refractivity contribution is -0.121. The second-order valence-electron chi connectivity index (χ2n) is 6.95. The van der Waals surface area contributed by atoms with Crippen LogP contribution in [0.25, 0.3) is 0 Å². The molecule has 1 aliphatic rings. The first kappa shape index (κ1) is 22.2. The zero-order chi connectivity index (χ0) is 22.7. The van der Waals surface area contributed by atoms with Crippen LogP contribution >= 0.6 is 35.0 Å². The number of halogens is 2. The third-order valence-corrected chi connectivity index (χ3v) is 6.62. The Bertz CT molecular complexity index is 1170. The lowest BCUT2D eigenvalue weighted by Crippen LogP contribution is -2.31. The summed E-state index contributed by atoms with van der Waals surface area (Å²) in [6.45, 7) is 0. The summed E-state index contributed by atoms with van der Waals surface area (Å²) in [5, 5.41) is 5.58. The van der Waals surface area contributed by atoms with E-state index in [1.54, 1.807) is 48.5 Å². The average Bonchev–Trinajstić information content (AvgIpc) is 3.05. The number of carbonyl (C=O) groups is 3. The molecule has 1 aliphatic heterocycles. The highest BCUT2D eigenvalue weighted by Gasteiger charge is 2.40. The van der Waals surface area contributed by atoms with Crippen LogP contribution in [0.4, 0.5) is 21.9 Å². The fourth-order valence-corrected chi connectivity index (χ4v) is 4.53. The SMILES string of the molecule is O=C(Nc1ccccc1)Nc1ccc(S[C@@H]2CC(=O)N(c3ccc(Cl)c(Cl)c3)C2=O)cc1. The Labute approximate surface area is 198 Å². The van der Waals surface area contributed by atoms with Gasteiger partial charge < -0.3 is 10.6 Å². The number of rotatable bonds is 5. The minimum atomic E-state index is -0.544. The van der Waals surface area contributed by atoms with Crippen molar-refractivity contribution in [3.8, 4) is 0 Å². The third kappa shape index (κ3) is 5.07. The fraction of sp³-hybridized carbons (Fsp3) is 0.0870. The first-order valence-electron chi connectivity index (χ1n) is 9.62. The molecule has 6 nitrogen and oxygen atoms in total. The minimum Gasteiger partial charge on any atom is -0.308 e. The van der Waals surface area contributed by atoms with E-state index in [1.165, 1.54) is 17.8 Å². The number of nitrogens with one attached hydrogen (secondary N) is 2. The number of urea groups is 1. The van der Waals surface area contributed by atoms with Gasteiger partial charge in [-0.1, -0.05) is 41.4 Å². The van der Waals surface area contributed by atoms with E-state index in [4.69, 9.17) is 23.2 Å². The molecule has 0 saturated carbocycles. The normalized spacial score (nSPS) is 15.7. The van der Waals surface area contributed by atoms with Gasteiger partial charge in [0.1, 0.15) is 0 Å². The van der Waals surface area contributed by atoms with Crippen LogP contribution in [-0.2, 0) is 9.59 Å². The number of anilines is 3. The molecule has 1 saturated heterocycles. The largest absolute Gasteiger partial charge is 0.323 e. The Morgan fingerprint density at radius 2 is 1.53 bits per heavy atom. The molecule has 2 N–H and O–H groups in total. The molecule has 3 aromatic rings. The standard InChI is InChI=1S/C23H17Cl2N3O3S/c24-18-11-8-16(12-19(18)25)28-21(29)13-20(22(28)30)32-17-9-6-15(7-10-17)27-23(31)26-14-4-2-1-3-5-14/h1-12,20H,13H2,(H2,26,27,31)/t20-/m1/s1. The Hall–Kier alpha value is -3.00. The van der Waals surface area contributed by atoms with Crippen LogP contribution in [-0.4, -0.2) is 23.1 Å². The molecule has 0 unspecified atom stereocenters. The van der Waals surface area contributed by atoms with E-state index >= 15 is 0 Å². The number of imide groups is 1. The predicted octanol–water partition coefficient (Wildman–Crippen LogP) is 6.06. The molecule has 0 aromatic heterocycles. The molecule has 3 aromatic carbocycles. The van der Waals surface area contributed by atoms with Gasteiger partial charge in [-0.05, 0) is 54.6 Å². The van der Waals surface area contributed by atoms with Gasteiger partial charge in [-0.3, -0.25) is 9.59 Å². The molecule has 1 fully saturated rings. The van der Waals surface area contributed by atoms with Crippen molar-refractivity contribution < 1.29 is 14.4 Å². The number of hydrogen-bond donors (Lipinski definition) is 2. The number of amides is 4. The maximum atomic E-state index is 12.8. The van der Waals surface area contributed by atoms with Crippen molar-refractivity contribution in [3.05, 3.63) is 82.8 Å². The van der Waals surface area contributed by atoms with Gasteiger partial charge in [0, 0.05) is 22.7 Å². The smallest absolute Gasteiger partial charge is 0.308 e. The molecule has 0 spiro atoms. The summed E-state index contributed by atoms with van der Waals surface area (Å²) < 4.78 is 0. The minimum absolute atomic E-state index is 0.0865. The molecule has 4 rings (SSSR count). The molecular weight excluding hydrogens is 469 g/mol. The molecular formula is C23H17Cl2N3O3S. The van der Waals surface area contributed by atoms with E-state index in [-0.39, 0.29) is 29.3 Å². The van der Waals surface area contributed by atoms with Crippen molar-refractivity contribution >= 4 is 69.9 Å². The van der Waals surface area contributed by atoms with Gasteiger partial charge in [-0.2, -0.15) is 0 Å². The van der Waals surface area contributed by atoms with Crippen molar-refractivity contribution in [2.24, 2.45) is 0 Å². The Morgan fingerprint density at radius 1 is 0.875 bits per heavy atom. The molecule has 0 bridgehead atoms. The fourth-order valence-electron chi connectivity index (χ4n) is 3.19. The van der Waals surface area contributed by atoms with Gasteiger partial charge >= 0.3 is 6.03 Å². The van der Waals surface area contributed by atoms with Crippen LogP contribution in [0.3, 0.4) is 0 Å². The molecule has 0 radical (unpaired) electrons. The molecule has 0 aliphatic carbocycles. The van der Waals surface area contributed by atoms with Gasteiger partial charge in [-0.25, -0.2) is 9.69 Å². The van der Waals surface area contributed by atoms with Crippen molar-refractivity contribution in [3.63, 3.8) is 0 Å². The van der Waals surface area contributed by atoms with Crippen molar-refractivity contribution in [1.29, 1.82) is 0 Å². The summed E-state index contributed by atoms with van der Waals surface area (Å²) in [5.41, 5.74) is 1.70. The van der Waals surface area contributed by atoms with E-state index in [1.807, 2.05) is 18.2 Å². The molecule has 4 amide bonds. The monoisotopic (exact) mass is 485 g/mol. The van der Waals surface area contributed by atoms with E-state index < -0.39 is 5.25 Å². The van der Waals surface area contributed by atoms with E-state index in [0.29, 0.717) is 22.1 Å². The lowest BCUT2D eigenvalue weighted by atomic mass is 10.3. The summed E-state index contributed by atoms with van der Waals surface area (Å²) in [4.78, 5) is 39.4. The summed E-state index contributed by atoms with van der Waals surface area (Å²) in [6.07, 6.45) is 0.0865. The van der Waals surface area contributed by atoms with Crippen LogP contribution in [0.2, 0.25) is 10.0 Å². The number of hydrogen-bond acceptors (Lipinski definition) is 4. The number of carbonyl (C=O) groups excluding carboxylic acids is 3. The highest BCUT2D eigenvalue weighted by atomic mass is 35.5.